The Balaban J connectivity index is 3.58. The second-order valence-corrected chi connectivity index (χ2v) is 5.35. The quantitative estimate of drug-likeness (QED) is 0.157. The Morgan fingerprint density at radius 2 is 2.00 bits per heavy atom. The Labute approximate surface area is 115 Å². The summed E-state index contributed by atoms with van der Waals surface area (Å²) in [6.45, 7) is 7.82. The molecule has 5 N–H and O–H groups in total. The molecule has 0 fully saturated rings. The number of nitrogens with one attached hydrogen (secondary N) is 2. The minimum Gasteiger partial charge on any atom is -0.409 e. The number of oxime groups is 1. The maximum Gasteiger partial charge on any atom is 0.233 e. The fraction of sp³-hybridized carbons (Fsp3) is 0.846. The van der Waals surface area contributed by atoms with Crippen LogP contribution in [0.25, 0.3) is 0 Å². The third kappa shape index (κ3) is 8.42. The van der Waals surface area contributed by atoms with E-state index in [1.54, 1.807) is 0 Å². The van der Waals surface area contributed by atoms with Crippen molar-refractivity contribution in [2.24, 2.45) is 16.3 Å². The number of hydrogen-bond acceptors (Lipinski definition) is 4. The molecule has 6 nitrogen and oxygen atoms in total. The van der Waals surface area contributed by atoms with E-state index in [1.165, 1.54) is 0 Å². The van der Waals surface area contributed by atoms with Crippen LogP contribution < -0.4 is 16.4 Å². The molecule has 0 heterocycles. The van der Waals surface area contributed by atoms with Gasteiger partial charge in [0.05, 0.1) is 6.54 Å². The van der Waals surface area contributed by atoms with E-state index >= 15 is 0 Å². The van der Waals surface area contributed by atoms with Gasteiger partial charge in [0.1, 0.15) is 5.84 Å². The Hall–Kier alpha value is -1.30. The Morgan fingerprint density at radius 1 is 1.32 bits per heavy atom. The smallest absolute Gasteiger partial charge is 0.233 e. The zero-order chi connectivity index (χ0) is 14.7. The van der Waals surface area contributed by atoms with Gasteiger partial charge in [-0.05, 0) is 25.8 Å². The molecule has 0 radical (unpaired) electrons. The molecule has 0 aromatic heterocycles. The maximum absolute atomic E-state index is 11.3. The van der Waals surface area contributed by atoms with Gasteiger partial charge in [0, 0.05) is 12.0 Å². The Morgan fingerprint density at radius 3 is 2.58 bits per heavy atom. The van der Waals surface area contributed by atoms with Crippen molar-refractivity contribution >= 4 is 11.7 Å². The van der Waals surface area contributed by atoms with Crippen LogP contribution in [0, 0.1) is 5.41 Å². The van der Waals surface area contributed by atoms with E-state index in [4.69, 9.17) is 10.9 Å². The lowest BCUT2D eigenvalue weighted by Gasteiger charge is -2.22. The number of carbonyl (C=O) groups excluding carboxylic acids is 1. The molecule has 0 aromatic rings. The Bertz CT molecular complexity index is 290. The topological polar surface area (TPSA) is 99.7 Å². The van der Waals surface area contributed by atoms with E-state index in [9.17, 15) is 4.79 Å². The van der Waals surface area contributed by atoms with Crippen molar-refractivity contribution in [3.63, 3.8) is 0 Å². The van der Waals surface area contributed by atoms with Crippen LogP contribution in [0.4, 0.5) is 0 Å². The average Bonchev–Trinajstić information content (AvgIpc) is 2.39. The summed E-state index contributed by atoms with van der Waals surface area (Å²) in [6.07, 6.45) is 3.73. The van der Waals surface area contributed by atoms with Crippen LogP contribution in [0.5, 0.6) is 0 Å². The maximum atomic E-state index is 11.3. The van der Waals surface area contributed by atoms with E-state index in [0.29, 0.717) is 6.54 Å². The predicted octanol–water partition coefficient (Wildman–Crippen LogP) is 1.05. The van der Waals surface area contributed by atoms with Crippen LogP contribution in [-0.4, -0.2) is 36.6 Å². The fourth-order valence-electron chi connectivity index (χ4n) is 1.61. The summed E-state index contributed by atoms with van der Waals surface area (Å²) in [5, 5.41) is 17.6. The minimum absolute atomic E-state index is 0.0406. The highest BCUT2D eigenvalue weighted by Gasteiger charge is 2.22. The summed E-state index contributed by atoms with van der Waals surface area (Å²) in [7, 11) is 0. The molecular formula is C13H28N4O2. The Kier molecular flexibility index (Phi) is 8.95. The van der Waals surface area contributed by atoms with Gasteiger partial charge in [-0.25, -0.2) is 0 Å². The highest BCUT2D eigenvalue weighted by molar-refractivity contribution is 5.85. The molecule has 0 aromatic carbocycles. The molecule has 0 aliphatic carbocycles. The number of unbranched alkanes of at least 4 members (excludes halogenated alkanes) is 1. The summed E-state index contributed by atoms with van der Waals surface area (Å²) < 4.78 is 0. The molecule has 0 saturated heterocycles. The molecule has 0 unspecified atom stereocenters. The first-order valence-corrected chi connectivity index (χ1v) is 6.89. The van der Waals surface area contributed by atoms with Crippen molar-refractivity contribution in [3.05, 3.63) is 0 Å². The monoisotopic (exact) mass is 272 g/mol. The van der Waals surface area contributed by atoms with E-state index in [-0.39, 0.29) is 17.2 Å². The number of carbonyl (C=O) groups is 1. The number of amides is 1. The molecule has 0 aliphatic rings. The first-order chi connectivity index (χ1) is 8.94. The molecule has 0 atom stereocenters. The second kappa shape index (κ2) is 9.61. The summed E-state index contributed by atoms with van der Waals surface area (Å²) in [5.74, 6) is 0.304. The van der Waals surface area contributed by atoms with Crippen LogP contribution in [0.3, 0.4) is 0 Å². The van der Waals surface area contributed by atoms with Gasteiger partial charge in [-0.1, -0.05) is 32.3 Å². The summed E-state index contributed by atoms with van der Waals surface area (Å²) in [5.41, 5.74) is 5.32. The predicted molar refractivity (Wildman–Crippen MR) is 77.2 cm³/mol. The van der Waals surface area contributed by atoms with Crippen molar-refractivity contribution in [1.82, 2.24) is 10.6 Å². The SMILES string of the molecule is CCCNC(=O)CNCCCCC(C)(C)C(N)=NO. The number of nitrogens with zero attached hydrogens (tertiary/aromatic N) is 1. The fourth-order valence-corrected chi connectivity index (χ4v) is 1.61. The first-order valence-electron chi connectivity index (χ1n) is 6.89. The molecule has 0 spiro atoms. The van der Waals surface area contributed by atoms with Crippen molar-refractivity contribution < 1.29 is 10.0 Å². The molecule has 19 heavy (non-hydrogen) atoms. The summed E-state index contributed by atoms with van der Waals surface area (Å²) in [6, 6.07) is 0. The molecule has 6 heteroatoms. The number of nitrogens with two attached hydrogens (primary N) is 1. The zero-order valence-corrected chi connectivity index (χ0v) is 12.3. The highest BCUT2D eigenvalue weighted by atomic mass is 16.4. The average molecular weight is 272 g/mol. The highest BCUT2D eigenvalue weighted by Crippen LogP contribution is 2.22. The van der Waals surface area contributed by atoms with Crippen molar-refractivity contribution in [3.8, 4) is 0 Å². The number of rotatable bonds is 10. The van der Waals surface area contributed by atoms with E-state index in [1.807, 2.05) is 20.8 Å². The molecule has 0 rings (SSSR count). The summed E-state index contributed by atoms with van der Waals surface area (Å²) >= 11 is 0. The van der Waals surface area contributed by atoms with Crippen molar-refractivity contribution in [2.75, 3.05) is 19.6 Å². The second-order valence-electron chi connectivity index (χ2n) is 5.35. The third-order valence-corrected chi connectivity index (χ3v) is 3.06. The van der Waals surface area contributed by atoms with Gasteiger partial charge in [0.15, 0.2) is 0 Å². The van der Waals surface area contributed by atoms with Crippen LogP contribution in [-0.2, 0) is 4.79 Å². The van der Waals surface area contributed by atoms with Gasteiger partial charge in [-0.2, -0.15) is 0 Å². The number of hydrogen-bond donors (Lipinski definition) is 4. The largest absolute Gasteiger partial charge is 0.409 e. The summed E-state index contributed by atoms with van der Waals surface area (Å²) in [4.78, 5) is 11.3. The third-order valence-electron chi connectivity index (χ3n) is 3.06. The molecule has 1 amide bonds. The van der Waals surface area contributed by atoms with Gasteiger partial charge in [-0.3, -0.25) is 4.79 Å². The molecular weight excluding hydrogens is 244 g/mol. The lowest BCUT2D eigenvalue weighted by Crippen LogP contribution is -2.35. The normalized spacial score (nSPS) is 12.5. The van der Waals surface area contributed by atoms with Crippen LogP contribution in [0.2, 0.25) is 0 Å². The van der Waals surface area contributed by atoms with Gasteiger partial charge in [0.25, 0.3) is 0 Å². The van der Waals surface area contributed by atoms with Crippen LogP contribution in [0.1, 0.15) is 46.5 Å². The van der Waals surface area contributed by atoms with Gasteiger partial charge in [0.2, 0.25) is 5.91 Å². The van der Waals surface area contributed by atoms with Crippen molar-refractivity contribution in [2.45, 2.75) is 46.5 Å². The van der Waals surface area contributed by atoms with E-state index in [0.717, 1.165) is 38.8 Å². The lowest BCUT2D eigenvalue weighted by atomic mass is 9.86. The van der Waals surface area contributed by atoms with Crippen molar-refractivity contribution in [1.29, 1.82) is 0 Å². The van der Waals surface area contributed by atoms with Crippen LogP contribution in [0.15, 0.2) is 5.16 Å². The standard InChI is InChI=1S/C13H28N4O2/c1-4-8-16-11(18)10-15-9-6-5-7-13(2,3)12(14)17-19/h15,19H,4-10H2,1-3H3,(H2,14,17)(H,16,18). The van der Waals surface area contributed by atoms with Gasteiger partial charge >= 0.3 is 0 Å². The minimum atomic E-state index is -0.284. The molecule has 0 aliphatic heterocycles. The van der Waals surface area contributed by atoms with Gasteiger partial charge in [-0.15, -0.1) is 0 Å². The molecule has 0 bridgehead atoms. The van der Waals surface area contributed by atoms with Crippen LogP contribution >= 0.6 is 0 Å². The molecule has 0 saturated carbocycles. The zero-order valence-electron chi connectivity index (χ0n) is 12.3. The van der Waals surface area contributed by atoms with Gasteiger partial charge < -0.3 is 21.6 Å². The van der Waals surface area contributed by atoms with E-state index in [2.05, 4.69) is 15.8 Å². The molecule has 112 valence electrons. The first kappa shape index (κ1) is 17.7. The number of amidine groups is 1. The van der Waals surface area contributed by atoms with E-state index < -0.39 is 0 Å². The lowest BCUT2D eigenvalue weighted by molar-refractivity contribution is -0.120.